The lowest BCUT2D eigenvalue weighted by Crippen LogP contribution is -2.41. The molecule has 1 aromatic rings. The highest BCUT2D eigenvalue weighted by Crippen LogP contribution is 2.21. The highest BCUT2D eigenvalue weighted by atomic mass is 35.5. The fourth-order valence-corrected chi connectivity index (χ4v) is 1.81. The first-order valence-electron chi connectivity index (χ1n) is 6.17. The van der Waals surface area contributed by atoms with Crippen LogP contribution >= 0.6 is 11.6 Å². The van der Waals surface area contributed by atoms with Gasteiger partial charge in [-0.2, -0.15) is 5.10 Å². The molecule has 1 N–H and O–H groups in total. The Hall–Kier alpha value is -0.540. The zero-order valence-corrected chi connectivity index (χ0v) is 12.5. The maximum absolute atomic E-state index is 6.06. The lowest BCUT2D eigenvalue weighted by Gasteiger charge is -2.27. The van der Waals surface area contributed by atoms with E-state index < -0.39 is 0 Å². The van der Waals surface area contributed by atoms with Gasteiger partial charge in [0, 0.05) is 18.3 Å². The summed E-state index contributed by atoms with van der Waals surface area (Å²) < 4.78 is 1.99. The smallest absolute Gasteiger partial charge is 0.0815 e. The number of rotatable bonds is 4. The molecule has 1 heterocycles. The molecule has 3 nitrogen and oxygen atoms in total. The molecule has 1 rings (SSSR count). The highest BCUT2D eigenvalue weighted by Gasteiger charge is 2.20. The molecule has 0 aliphatic carbocycles. The van der Waals surface area contributed by atoms with Crippen LogP contribution < -0.4 is 5.32 Å². The highest BCUT2D eigenvalue weighted by molar-refractivity contribution is 6.31. The van der Waals surface area contributed by atoms with E-state index in [1.165, 1.54) is 0 Å². The number of nitrogens with zero attached hydrogens (tertiary/aromatic N) is 2. The van der Waals surface area contributed by atoms with Gasteiger partial charge in [0.15, 0.2) is 0 Å². The molecule has 17 heavy (non-hydrogen) atoms. The van der Waals surface area contributed by atoms with Crippen LogP contribution in [0.1, 0.15) is 46.4 Å². The monoisotopic (exact) mass is 257 g/mol. The van der Waals surface area contributed by atoms with E-state index in [4.69, 9.17) is 11.6 Å². The molecule has 1 unspecified atom stereocenters. The van der Waals surface area contributed by atoms with Gasteiger partial charge in [0.05, 0.1) is 16.8 Å². The second-order valence-corrected chi connectivity index (χ2v) is 6.39. The van der Waals surface area contributed by atoms with Gasteiger partial charge in [-0.1, -0.05) is 25.4 Å². The van der Waals surface area contributed by atoms with Gasteiger partial charge in [-0.25, -0.2) is 0 Å². The van der Waals surface area contributed by atoms with Crippen molar-refractivity contribution < 1.29 is 0 Å². The lowest BCUT2D eigenvalue weighted by molar-refractivity contribution is 0.293. The minimum Gasteiger partial charge on any atom is -0.310 e. The van der Waals surface area contributed by atoms with E-state index in [1.54, 1.807) is 0 Å². The van der Waals surface area contributed by atoms with Gasteiger partial charge < -0.3 is 5.32 Å². The SMILES string of the molecule is Cc1nn(C(CNC(C)(C)C)C(C)C)cc1Cl. The lowest BCUT2D eigenvalue weighted by atomic mass is 10.0. The van der Waals surface area contributed by atoms with Crippen molar-refractivity contribution in [2.45, 2.75) is 53.1 Å². The van der Waals surface area contributed by atoms with Gasteiger partial charge >= 0.3 is 0 Å². The Balaban J connectivity index is 2.79. The second-order valence-electron chi connectivity index (χ2n) is 5.98. The van der Waals surface area contributed by atoms with Crippen LogP contribution in [0.2, 0.25) is 5.02 Å². The molecule has 0 fully saturated rings. The second kappa shape index (κ2) is 5.40. The van der Waals surface area contributed by atoms with Gasteiger partial charge in [0.1, 0.15) is 0 Å². The summed E-state index contributed by atoms with van der Waals surface area (Å²) in [6.45, 7) is 13.8. The van der Waals surface area contributed by atoms with Gasteiger partial charge in [-0.15, -0.1) is 0 Å². The molecule has 1 atom stereocenters. The molecule has 0 saturated heterocycles. The number of nitrogens with one attached hydrogen (secondary N) is 1. The van der Waals surface area contributed by atoms with E-state index in [2.05, 4.69) is 45.0 Å². The normalized spacial score (nSPS) is 14.4. The zero-order chi connectivity index (χ0) is 13.2. The molecule has 0 aliphatic rings. The van der Waals surface area contributed by atoms with Crippen molar-refractivity contribution in [2.24, 2.45) is 5.92 Å². The molecule has 4 heteroatoms. The Morgan fingerprint density at radius 3 is 2.35 bits per heavy atom. The van der Waals surface area contributed by atoms with Crippen LogP contribution in [0.15, 0.2) is 6.20 Å². The first-order chi connectivity index (χ1) is 7.70. The minimum atomic E-state index is 0.124. The Morgan fingerprint density at radius 2 is 2.00 bits per heavy atom. The zero-order valence-electron chi connectivity index (χ0n) is 11.7. The topological polar surface area (TPSA) is 29.9 Å². The van der Waals surface area contributed by atoms with E-state index in [9.17, 15) is 0 Å². The molecule has 1 aromatic heterocycles. The third-order valence-electron chi connectivity index (χ3n) is 2.81. The maximum atomic E-state index is 6.06. The number of aryl methyl sites for hydroxylation is 1. The molecular weight excluding hydrogens is 234 g/mol. The molecule has 98 valence electrons. The van der Waals surface area contributed by atoms with Crippen molar-refractivity contribution in [1.29, 1.82) is 0 Å². The molecule has 0 spiro atoms. The summed E-state index contributed by atoms with van der Waals surface area (Å²) in [6.07, 6.45) is 1.92. The van der Waals surface area contributed by atoms with Crippen molar-refractivity contribution in [2.75, 3.05) is 6.54 Å². The molecule has 0 aromatic carbocycles. The molecular formula is C13H24ClN3. The summed E-state index contributed by atoms with van der Waals surface area (Å²) in [5, 5.41) is 8.75. The van der Waals surface area contributed by atoms with Crippen molar-refractivity contribution in [3.8, 4) is 0 Å². The van der Waals surface area contributed by atoms with Crippen LogP contribution in [0.4, 0.5) is 0 Å². The molecule has 0 saturated carbocycles. The summed E-state index contributed by atoms with van der Waals surface area (Å²) >= 11 is 6.06. The van der Waals surface area contributed by atoms with Gasteiger partial charge in [0.25, 0.3) is 0 Å². The third-order valence-corrected chi connectivity index (χ3v) is 3.18. The average Bonchev–Trinajstić information content (AvgIpc) is 2.44. The van der Waals surface area contributed by atoms with E-state index >= 15 is 0 Å². The van der Waals surface area contributed by atoms with Crippen molar-refractivity contribution in [3.63, 3.8) is 0 Å². The van der Waals surface area contributed by atoms with Crippen molar-refractivity contribution in [1.82, 2.24) is 15.1 Å². The van der Waals surface area contributed by atoms with Crippen molar-refractivity contribution in [3.05, 3.63) is 16.9 Å². The molecule has 0 radical (unpaired) electrons. The van der Waals surface area contributed by atoms with E-state index in [0.29, 0.717) is 12.0 Å². The van der Waals surface area contributed by atoms with Gasteiger partial charge in [-0.05, 0) is 33.6 Å². The summed E-state index contributed by atoms with van der Waals surface area (Å²) in [5.41, 5.74) is 1.02. The van der Waals surface area contributed by atoms with Gasteiger partial charge in [-0.3, -0.25) is 4.68 Å². The summed E-state index contributed by atoms with van der Waals surface area (Å²) in [4.78, 5) is 0. The van der Waals surface area contributed by atoms with Crippen LogP contribution in [-0.4, -0.2) is 21.9 Å². The van der Waals surface area contributed by atoms with Crippen LogP contribution in [0, 0.1) is 12.8 Å². The summed E-state index contributed by atoms with van der Waals surface area (Å²) in [7, 11) is 0. The van der Waals surface area contributed by atoms with E-state index in [0.717, 1.165) is 17.3 Å². The standard InChI is InChI=1S/C13H24ClN3/c1-9(2)12(7-15-13(4,5)6)17-8-11(14)10(3)16-17/h8-9,12,15H,7H2,1-6H3. The van der Waals surface area contributed by atoms with E-state index in [-0.39, 0.29) is 5.54 Å². The quantitative estimate of drug-likeness (QED) is 0.896. The number of hydrogen-bond donors (Lipinski definition) is 1. The summed E-state index contributed by atoms with van der Waals surface area (Å²) in [5.74, 6) is 0.514. The summed E-state index contributed by atoms with van der Waals surface area (Å²) in [6, 6.07) is 0.334. The van der Waals surface area contributed by atoms with Crippen molar-refractivity contribution >= 4 is 11.6 Å². The van der Waals surface area contributed by atoms with Crippen LogP contribution in [-0.2, 0) is 0 Å². The van der Waals surface area contributed by atoms with E-state index in [1.807, 2.05) is 17.8 Å². The first-order valence-corrected chi connectivity index (χ1v) is 6.55. The van der Waals surface area contributed by atoms with Crippen LogP contribution in [0.5, 0.6) is 0 Å². The fourth-order valence-electron chi connectivity index (χ4n) is 1.67. The third kappa shape index (κ3) is 4.32. The Kier molecular flexibility index (Phi) is 4.62. The van der Waals surface area contributed by atoms with Crippen LogP contribution in [0.3, 0.4) is 0 Å². The molecule has 0 amide bonds. The Morgan fingerprint density at radius 1 is 1.41 bits per heavy atom. The van der Waals surface area contributed by atoms with Crippen LogP contribution in [0.25, 0.3) is 0 Å². The number of hydrogen-bond acceptors (Lipinski definition) is 2. The predicted molar refractivity (Wildman–Crippen MR) is 73.6 cm³/mol. The number of halogens is 1. The largest absolute Gasteiger partial charge is 0.310 e. The predicted octanol–water partition coefficient (Wildman–Crippen LogP) is 3.43. The fraction of sp³-hybridized carbons (Fsp3) is 0.769. The average molecular weight is 258 g/mol. The number of aromatic nitrogens is 2. The van der Waals surface area contributed by atoms with Gasteiger partial charge in [0.2, 0.25) is 0 Å². The minimum absolute atomic E-state index is 0.124. The molecule has 0 bridgehead atoms. The molecule has 0 aliphatic heterocycles. The Labute approximate surface area is 110 Å². The Bertz CT molecular complexity index is 344. The first kappa shape index (κ1) is 14.5. The maximum Gasteiger partial charge on any atom is 0.0815 e.